The van der Waals surface area contributed by atoms with Gasteiger partial charge in [0.1, 0.15) is 11.3 Å². The molecule has 2 aliphatic rings. The van der Waals surface area contributed by atoms with Gasteiger partial charge in [-0.2, -0.15) is 0 Å². The summed E-state index contributed by atoms with van der Waals surface area (Å²) in [6.07, 6.45) is 3.94. The van der Waals surface area contributed by atoms with Crippen molar-refractivity contribution in [3.8, 4) is 5.75 Å². The summed E-state index contributed by atoms with van der Waals surface area (Å²) >= 11 is 7.12. The molecule has 0 saturated heterocycles. The zero-order valence-electron chi connectivity index (χ0n) is 14.6. The lowest BCUT2D eigenvalue weighted by Crippen LogP contribution is -2.32. The van der Waals surface area contributed by atoms with E-state index in [1.165, 1.54) is 0 Å². The molecule has 6 heteroatoms. The van der Waals surface area contributed by atoms with E-state index in [0.717, 1.165) is 68.1 Å². The van der Waals surface area contributed by atoms with Crippen LogP contribution < -0.4 is 15.3 Å². The van der Waals surface area contributed by atoms with Crippen LogP contribution in [0.2, 0.25) is 0 Å². The van der Waals surface area contributed by atoms with Gasteiger partial charge in [0.15, 0.2) is 6.73 Å². The normalized spacial score (nSPS) is 16.0. The van der Waals surface area contributed by atoms with Crippen LogP contribution in [-0.2, 0) is 19.4 Å². The van der Waals surface area contributed by atoms with Gasteiger partial charge in [-0.1, -0.05) is 15.9 Å². The molecule has 0 atom stereocenters. The van der Waals surface area contributed by atoms with E-state index < -0.39 is 0 Å². The summed E-state index contributed by atoms with van der Waals surface area (Å²) in [5.41, 5.74) is 4.50. The lowest BCUT2D eigenvalue weighted by molar-refractivity contribution is 0.289. The Bertz CT molecular complexity index is 1120. The molecule has 1 aliphatic heterocycles. The first-order valence-corrected chi connectivity index (χ1v) is 10.6. The number of benzene rings is 2. The molecule has 2 aromatic carbocycles. The van der Waals surface area contributed by atoms with Crippen LogP contribution in [-0.4, -0.2) is 6.73 Å². The lowest BCUT2D eigenvalue weighted by atomic mass is 9.90. The minimum atomic E-state index is -0.187. The van der Waals surface area contributed by atoms with Gasteiger partial charge in [-0.05, 0) is 77.5 Å². The summed E-state index contributed by atoms with van der Waals surface area (Å²) in [5, 5.41) is 1.06. The number of nitrogens with zero attached hydrogens (tertiary/aromatic N) is 1. The Hall–Kier alpha value is -1.79. The standard InChI is InChI=1S/C21H17Br2NO3/c22-12-5-7-18(17(23)9-12)24-10-16-19(26-11-24)8-6-14-13-3-1-2-4-15(13)21(25)27-20(14)16/h5-9H,1-4,10-11H2. The molecule has 138 valence electrons. The van der Waals surface area contributed by atoms with Crippen molar-refractivity contribution < 1.29 is 9.15 Å². The molecule has 0 bridgehead atoms. The first-order chi connectivity index (χ1) is 13.1. The van der Waals surface area contributed by atoms with E-state index in [4.69, 9.17) is 9.15 Å². The van der Waals surface area contributed by atoms with E-state index >= 15 is 0 Å². The molecule has 0 N–H and O–H groups in total. The van der Waals surface area contributed by atoms with Crippen molar-refractivity contribution >= 4 is 48.5 Å². The number of hydrogen-bond donors (Lipinski definition) is 0. The van der Waals surface area contributed by atoms with Gasteiger partial charge in [0.25, 0.3) is 0 Å². The van der Waals surface area contributed by atoms with Crippen LogP contribution in [0.15, 0.2) is 48.5 Å². The van der Waals surface area contributed by atoms with Gasteiger partial charge in [0, 0.05) is 19.9 Å². The summed E-state index contributed by atoms with van der Waals surface area (Å²) in [5.74, 6) is 0.797. The Kier molecular flexibility index (Phi) is 4.28. The van der Waals surface area contributed by atoms with Crippen molar-refractivity contribution in [3.63, 3.8) is 0 Å². The maximum Gasteiger partial charge on any atom is 0.339 e. The summed E-state index contributed by atoms with van der Waals surface area (Å²) in [6.45, 7) is 1.09. The summed E-state index contributed by atoms with van der Waals surface area (Å²) < 4.78 is 13.8. The van der Waals surface area contributed by atoms with Crippen molar-refractivity contribution in [1.82, 2.24) is 0 Å². The molecule has 2 heterocycles. The maximum absolute atomic E-state index is 12.6. The maximum atomic E-state index is 12.6. The van der Waals surface area contributed by atoms with Gasteiger partial charge in [-0.15, -0.1) is 0 Å². The van der Waals surface area contributed by atoms with Crippen molar-refractivity contribution in [2.24, 2.45) is 0 Å². The number of hydrogen-bond acceptors (Lipinski definition) is 4. The zero-order valence-corrected chi connectivity index (χ0v) is 17.7. The predicted molar refractivity (Wildman–Crippen MR) is 113 cm³/mol. The van der Waals surface area contributed by atoms with E-state index in [0.29, 0.717) is 18.9 Å². The fourth-order valence-electron chi connectivity index (χ4n) is 4.11. The SMILES string of the molecule is O=c1oc2c3c(ccc2c2c1CCCC2)OCN(c1ccc(Br)cc1Br)C3. The van der Waals surface area contributed by atoms with Crippen molar-refractivity contribution in [1.29, 1.82) is 0 Å². The zero-order chi connectivity index (χ0) is 18.5. The molecule has 27 heavy (non-hydrogen) atoms. The molecule has 5 rings (SSSR count). The molecule has 0 spiro atoms. The van der Waals surface area contributed by atoms with Crippen LogP contribution in [0.5, 0.6) is 5.75 Å². The van der Waals surface area contributed by atoms with Crippen molar-refractivity contribution in [2.45, 2.75) is 32.2 Å². The summed E-state index contributed by atoms with van der Waals surface area (Å²) in [7, 11) is 0. The highest BCUT2D eigenvalue weighted by Gasteiger charge is 2.26. The predicted octanol–water partition coefficient (Wildman–Crippen LogP) is 5.55. The Labute approximate surface area is 173 Å². The Morgan fingerprint density at radius 1 is 0.963 bits per heavy atom. The number of anilines is 1. The van der Waals surface area contributed by atoms with Crippen molar-refractivity contribution in [2.75, 3.05) is 11.6 Å². The van der Waals surface area contributed by atoms with Crippen LogP contribution in [0.3, 0.4) is 0 Å². The van der Waals surface area contributed by atoms with Gasteiger partial charge in [-0.3, -0.25) is 0 Å². The smallest absolute Gasteiger partial charge is 0.339 e. The third-order valence-corrected chi connectivity index (χ3v) is 6.56. The van der Waals surface area contributed by atoms with Gasteiger partial charge in [0.05, 0.1) is 17.8 Å². The first kappa shape index (κ1) is 17.3. The second-order valence-electron chi connectivity index (χ2n) is 7.04. The number of halogens is 2. The largest absolute Gasteiger partial charge is 0.473 e. The molecular formula is C21H17Br2NO3. The molecule has 0 radical (unpaired) electrons. The molecule has 1 aliphatic carbocycles. The van der Waals surface area contributed by atoms with Crippen LogP contribution >= 0.6 is 31.9 Å². The second-order valence-corrected chi connectivity index (χ2v) is 8.81. The van der Waals surface area contributed by atoms with Crippen molar-refractivity contribution in [3.05, 3.63) is 66.4 Å². The average molecular weight is 491 g/mol. The number of fused-ring (bicyclic) bond motifs is 5. The topological polar surface area (TPSA) is 42.7 Å². The Morgan fingerprint density at radius 2 is 1.78 bits per heavy atom. The number of ether oxygens (including phenoxy) is 1. The highest BCUT2D eigenvalue weighted by atomic mass is 79.9. The van der Waals surface area contributed by atoms with Gasteiger partial charge < -0.3 is 14.1 Å². The third kappa shape index (κ3) is 2.90. The Balaban J connectivity index is 1.65. The van der Waals surface area contributed by atoms with E-state index in [1.54, 1.807) is 0 Å². The van der Waals surface area contributed by atoms with E-state index in [-0.39, 0.29) is 5.63 Å². The minimum absolute atomic E-state index is 0.187. The average Bonchev–Trinajstić information content (AvgIpc) is 2.68. The monoisotopic (exact) mass is 489 g/mol. The molecule has 0 fully saturated rings. The summed E-state index contributed by atoms with van der Waals surface area (Å²) in [6, 6.07) is 10.1. The van der Waals surface area contributed by atoms with Crippen LogP contribution in [0.25, 0.3) is 11.0 Å². The van der Waals surface area contributed by atoms with E-state index in [2.05, 4.69) is 36.8 Å². The quantitative estimate of drug-likeness (QED) is 0.419. The van der Waals surface area contributed by atoms with Crippen LogP contribution in [0.1, 0.15) is 29.5 Å². The minimum Gasteiger partial charge on any atom is -0.473 e. The molecule has 1 aromatic heterocycles. The van der Waals surface area contributed by atoms with E-state index in [1.807, 2.05) is 30.3 Å². The summed E-state index contributed by atoms with van der Waals surface area (Å²) in [4.78, 5) is 14.7. The highest BCUT2D eigenvalue weighted by Crippen LogP contribution is 2.38. The fourth-order valence-corrected chi connectivity index (χ4v) is 5.41. The molecule has 0 unspecified atom stereocenters. The number of rotatable bonds is 1. The van der Waals surface area contributed by atoms with Gasteiger partial charge >= 0.3 is 5.63 Å². The second kappa shape index (κ2) is 6.67. The third-order valence-electron chi connectivity index (χ3n) is 5.43. The first-order valence-electron chi connectivity index (χ1n) is 9.05. The molecule has 4 nitrogen and oxygen atoms in total. The molecule has 3 aromatic rings. The highest BCUT2D eigenvalue weighted by molar-refractivity contribution is 9.11. The Morgan fingerprint density at radius 3 is 2.59 bits per heavy atom. The molecular weight excluding hydrogens is 474 g/mol. The lowest BCUT2D eigenvalue weighted by Gasteiger charge is -2.32. The molecule has 0 saturated carbocycles. The van der Waals surface area contributed by atoms with Gasteiger partial charge in [0.2, 0.25) is 0 Å². The van der Waals surface area contributed by atoms with Crippen LogP contribution in [0, 0.1) is 0 Å². The fraction of sp³-hybridized carbons (Fsp3) is 0.286. The molecule has 0 amide bonds. The van der Waals surface area contributed by atoms with E-state index in [9.17, 15) is 4.79 Å². The van der Waals surface area contributed by atoms with Crippen LogP contribution in [0.4, 0.5) is 5.69 Å². The van der Waals surface area contributed by atoms with Gasteiger partial charge in [-0.25, -0.2) is 4.79 Å². The number of aryl methyl sites for hydroxylation is 1.